The molecule has 1 aromatic carbocycles. The van der Waals surface area contributed by atoms with Crippen LogP contribution in [0.25, 0.3) is 11.5 Å². The molecule has 1 heterocycles. The summed E-state index contributed by atoms with van der Waals surface area (Å²) in [5, 5.41) is 13.4. The number of halogens is 3. The predicted molar refractivity (Wildman–Crippen MR) is 82.0 cm³/mol. The maximum absolute atomic E-state index is 13.1. The Morgan fingerprint density at radius 1 is 1.38 bits per heavy atom. The number of nitrogens with one attached hydrogen (secondary N) is 1. The average Bonchev–Trinajstić information content (AvgIpc) is 3.10. The quantitative estimate of drug-likeness (QED) is 0.890. The summed E-state index contributed by atoms with van der Waals surface area (Å²) in [6.45, 7) is 2.12. The normalized spacial score (nSPS) is 24.5. The summed E-state index contributed by atoms with van der Waals surface area (Å²) in [6, 6.07) is 5.14. The summed E-state index contributed by atoms with van der Waals surface area (Å²) in [5.74, 6) is -0.0575. The molecule has 0 radical (unpaired) electrons. The van der Waals surface area contributed by atoms with Crippen molar-refractivity contribution in [3.05, 3.63) is 41.8 Å². The predicted octanol–water partition coefficient (Wildman–Crippen LogP) is 3.75. The number of hydrogen-bond donors (Lipinski definition) is 2. The molecule has 7 heteroatoms. The Morgan fingerprint density at radius 2 is 2.12 bits per heavy atom. The molecule has 1 fully saturated rings. The Hall–Kier alpha value is -1.86. The Bertz CT molecular complexity index is 710. The monoisotopic (exact) mass is 340 g/mol. The average molecular weight is 340 g/mol. The van der Waals surface area contributed by atoms with E-state index in [4.69, 9.17) is 4.42 Å². The SMILES string of the molecule is CC1(O)CCCC1NCc1coc(-c2ccccc2C(F)(F)F)n1. The number of alkyl halides is 3. The summed E-state index contributed by atoms with van der Waals surface area (Å²) >= 11 is 0. The number of benzene rings is 1. The van der Waals surface area contributed by atoms with Crippen molar-refractivity contribution in [3.63, 3.8) is 0 Å². The van der Waals surface area contributed by atoms with E-state index in [0.29, 0.717) is 12.2 Å². The first-order chi connectivity index (χ1) is 11.3. The van der Waals surface area contributed by atoms with Crippen LogP contribution in [0.3, 0.4) is 0 Å². The van der Waals surface area contributed by atoms with E-state index in [1.165, 1.54) is 24.5 Å². The molecule has 0 aliphatic heterocycles. The van der Waals surface area contributed by atoms with Crippen LogP contribution in [0.4, 0.5) is 13.2 Å². The molecular formula is C17H19F3N2O2. The third-order valence-corrected chi connectivity index (χ3v) is 4.47. The van der Waals surface area contributed by atoms with Gasteiger partial charge in [0.25, 0.3) is 0 Å². The maximum Gasteiger partial charge on any atom is 0.417 e. The Kier molecular flexibility index (Phi) is 4.40. The van der Waals surface area contributed by atoms with Crippen LogP contribution in [0.15, 0.2) is 34.9 Å². The van der Waals surface area contributed by atoms with Crippen molar-refractivity contribution in [2.45, 2.75) is 50.6 Å². The van der Waals surface area contributed by atoms with Crippen molar-refractivity contribution in [2.24, 2.45) is 0 Å². The molecule has 0 amide bonds. The Morgan fingerprint density at radius 3 is 2.79 bits per heavy atom. The van der Waals surface area contributed by atoms with Crippen LogP contribution >= 0.6 is 0 Å². The Balaban J connectivity index is 1.75. The number of nitrogens with zero attached hydrogens (tertiary/aromatic N) is 1. The fraction of sp³-hybridized carbons (Fsp3) is 0.471. The second kappa shape index (κ2) is 6.22. The molecule has 24 heavy (non-hydrogen) atoms. The number of oxazole rings is 1. The van der Waals surface area contributed by atoms with Crippen LogP contribution in [0, 0.1) is 0 Å². The lowest BCUT2D eigenvalue weighted by atomic mass is 10.0. The van der Waals surface area contributed by atoms with E-state index in [9.17, 15) is 18.3 Å². The van der Waals surface area contributed by atoms with Crippen molar-refractivity contribution >= 4 is 0 Å². The van der Waals surface area contributed by atoms with E-state index in [-0.39, 0.29) is 17.5 Å². The third kappa shape index (κ3) is 3.47. The molecule has 2 atom stereocenters. The standard InChI is InChI=1S/C17H19F3N2O2/c1-16(23)8-4-7-14(16)21-9-11-10-24-15(22-11)12-5-2-3-6-13(12)17(18,19)20/h2-3,5-6,10,14,21,23H,4,7-9H2,1H3. The molecule has 1 aliphatic carbocycles. The van der Waals surface area contributed by atoms with Gasteiger partial charge >= 0.3 is 6.18 Å². The Labute approximate surface area is 137 Å². The van der Waals surface area contributed by atoms with Gasteiger partial charge in [-0.3, -0.25) is 0 Å². The zero-order valence-corrected chi connectivity index (χ0v) is 13.2. The van der Waals surface area contributed by atoms with Crippen molar-refractivity contribution in [2.75, 3.05) is 0 Å². The van der Waals surface area contributed by atoms with Gasteiger partial charge in [-0.25, -0.2) is 4.98 Å². The van der Waals surface area contributed by atoms with Gasteiger partial charge < -0.3 is 14.8 Å². The highest BCUT2D eigenvalue weighted by molar-refractivity contribution is 5.59. The lowest BCUT2D eigenvalue weighted by Gasteiger charge is -2.26. The minimum atomic E-state index is -4.47. The molecule has 3 rings (SSSR count). The summed E-state index contributed by atoms with van der Waals surface area (Å²) in [5.41, 5.74) is -1.12. The molecule has 0 bridgehead atoms. The van der Waals surface area contributed by atoms with Crippen molar-refractivity contribution < 1.29 is 22.7 Å². The molecule has 0 spiro atoms. The van der Waals surface area contributed by atoms with E-state index < -0.39 is 17.3 Å². The molecule has 1 saturated carbocycles. The van der Waals surface area contributed by atoms with Gasteiger partial charge in [-0.2, -0.15) is 13.2 Å². The molecule has 2 unspecified atom stereocenters. The number of aromatic nitrogens is 1. The highest BCUT2D eigenvalue weighted by atomic mass is 19.4. The first kappa shape index (κ1) is 17.0. The molecule has 0 saturated heterocycles. The molecule has 130 valence electrons. The molecule has 2 aromatic rings. The van der Waals surface area contributed by atoms with Crippen LogP contribution in [0.5, 0.6) is 0 Å². The molecule has 2 N–H and O–H groups in total. The zero-order valence-electron chi connectivity index (χ0n) is 13.2. The summed E-state index contributed by atoms with van der Waals surface area (Å²) < 4.78 is 44.4. The van der Waals surface area contributed by atoms with Gasteiger partial charge in [0.05, 0.1) is 16.9 Å². The van der Waals surface area contributed by atoms with Crippen molar-refractivity contribution in [1.29, 1.82) is 0 Å². The van der Waals surface area contributed by atoms with Gasteiger partial charge in [-0.15, -0.1) is 0 Å². The first-order valence-corrected chi connectivity index (χ1v) is 7.84. The van der Waals surface area contributed by atoms with Crippen LogP contribution in [0.2, 0.25) is 0 Å². The fourth-order valence-corrected chi connectivity index (χ4v) is 3.13. The van der Waals surface area contributed by atoms with E-state index >= 15 is 0 Å². The second-order valence-corrected chi connectivity index (χ2v) is 6.37. The third-order valence-electron chi connectivity index (χ3n) is 4.47. The van der Waals surface area contributed by atoms with Gasteiger partial charge in [0.1, 0.15) is 6.26 Å². The largest absolute Gasteiger partial charge is 0.444 e. The number of rotatable bonds is 4. The highest BCUT2D eigenvalue weighted by Gasteiger charge is 2.37. The lowest BCUT2D eigenvalue weighted by Crippen LogP contribution is -2.44. The molecule has 4 nitrogen and oxygen atoms in total. The summed E-state index contributed by atoms with van der Waals surface area (Å²) in [6.07, 6.45) is -0.596. The zero-order chi connectivity index (χ0) is 17.4. The van der Waals surface area contributed by atoms with Crippen LogP contribution in [0.1, 0.15) is 37.4 Å². The highest BCUT2D eigenvalue weighted by Crippen LogP contribution is 2.36. The fourth-order valence-electron chi connectivity index (χ4n) is 3.13. The van der Waals surface area contributed by atoms with Crippen LogP contribution in [-0.2, 0) is 12.7 Å². The van der Waals surface area contributed by atoms with Crippen LogP contribution in [-0.4, -0.2) is 21.7 Å². The number of hydrogen-bond acceptors (Lipinski definition) is 4. The molecule has 1 aliphatic rings. The first-order valence-electron chi connectivity index (χ1n) is 7.84. The van der Waals surface area contributed by atoms with Gasteiger partial charge in [-0.1, -0.05) is 12.1 Å². The van der Waals surface area contributed by atoms with Crippen molar-refractivity contribution in [1.82, 2.24) is 10.3 Å². The summed E-state index contributed by atoms with van der Waals surface area (Å²) in [7, 11) is 0. The molecular weight excluding hydrogens is 321 g/mol. The van der Waals surface area contributed by atoms with Gasteiger partial charge in [0, 0.05) is 18.2 Å². The lowest BCUT2D eigenvalue weighted by molar-refractivity contribution is -0.137. The van der Waals surface area contributed by atoms with E-state index in [1.807, 2.05) is 0 Å². The minimum Gasteiger partial charge on any atom is -0.444 e. The van der Waals surface area contributed by atoms with Gasteiger partial charge in [0.15, 0.2) is 0 Å². The van der Waals surface area contributed by atoms with Crippen LogP contribution < -0.4 is 5.32 Å². The van der Waals surface area contributed by atoms with Crippen molar-refractivity contribution in [3.8, 4) is 11.5 Å². The molecule has 1 aromatic heterocycles. The smallest absolute Gasteiger partial charge is 0.417 e. The van der Waals surface area contributed by atoms with Gasteiger partial charge in [0.2, 0.25) is 5.89 Å². The number of aliphatic hydroxyl groups is 1. The topological polar surface area (TPSA) is 58.3 Å². The van der Waals surface area contributed by atoms with E-state index in [1.54, 1.807) is 6.92 Å². The maximum atomic E-state index is 13.1. The minimum absolute atomic E-state index is 0.0555. The second-order valence-electron chi connectivity index (χ2n) is 6.37. The van der Waals surface area contributed by atoms with E-state index in [0.717, 1.165) is 25.3 Å². The van der Waals surface area contributed by atoms with Gasteiger partial charge in [-0.05, 0) is 38.3 Å². The van der Waals surface area contributed by atoms with E-state index in [2.05, 4.69) is 10.3 Å². The summed E-state index contributed by atoms with van der Waals surface area (Å²) in [4.78, 5) is 4.15.